The lowest BCUT2D eigenvalue weighted by atomic mass is 10.1. The molecule has 28 heavy (non-hydrogen) atoms. The van der Waals surface area contributed by atoms with Crippen molar-refractivity contribution >= 4 is 40.2 Å². The lowest BCUT2D eigenvalue weighted by Crippen LogP contribution is -2.47. The minimum absolute atomic E-state index is 0.148. The van der Waals surface area contributed by atoms with Gasteiger partial charge in [-0.15, -0.1) is 0 Å². The average Bonchev–Trinajstić information content (AvgIpc) is 2.73. The first-order valence-corrected chi connectivity index (χ1v) is 10.7. The van der Waals surface area contributed by atoms with Crippen molar-refractivity contribution in [2.24, 2.45) is 0 Å². The van der Waals surface area contributed by atoms with E-state index in [1.54, 1.807) is 0 Å². The molecule has 2 aromatic carbocycles. The maximum atomic E-state index is 13.4. The Hall–Kier alpha value is -2.08. The number of halogens is 1. The number of carbonyl (C=O) groups excluding carboxylic acids is 1. The van der Waals surface area contributed by atoms with Gasteiger partial charge in [0.1, 0.15) is 10.3 Å². The van der Waals surface area contributed by atoms with E-state index < -0.39 is 0 Å². The number of nitrogens with one attached hydrogen (secondary N) is 1. The summed E-state index contributed by atoms with van der Waals surface area (Å²) in [5.41, 5.74) is 2.95. The largest absolute Gasteiger partial charge is 0.339 e. The number of thioether (sulfide) groups is 1. The summed E-state index contributed by atoms with van der Waals surface area (Å²) >= 11 is 7.65. The SMILES string of the molecule is Cc1cc2cc(Cl)ccc2nc1SC(C(=O)N1CCNCC1)c1ccccc1. The molecular formula is C22H22ClN3OS. The van der Waals surface area contributed by atoms with Crippen LogP contribution in [0.2, 0.25) is 5.02 Å². The van der Waals surface area contributed by atoms with Gasteiger partial charge in [0.15, 0.2) is 0 Å². The first-order chi connectivity index (χ1) is 13.6. The molecule has 1 fully saturated rings. The zero-order valence-electron chi connectivity index (χ0n) is 15.7. The highest BCUT2D eigenvalue weighted by atomic mass is 35.5. The van der Waals surface area contributed by atoms with Crippen LogP contribution in [-0.4, -0.2) is 42.0 Å². The molecule has 6 heteroatoms. The molecule has 0 spiro atoms. The summed E-state index contributed by atoms with van der Waals surface area (Å²) in [5.74, 6) is 0.148. The Morgan fingerprint density at radius 2 is 1.89 bits per heavy atom. The molecule has 0 saturated carbocycles. The van der Waals surface area contributed by atoms with Crippen LogP contribution in [-0.2, 0) is 4.79 Å². The third kappa shape index (κ3) is 4.17. The molecule has 1 aliphatic rings. The second-order valence-corrected chi connectivity index (χ2v) is 8.46. The molecule has 1 atom stereocenters. The Labute approximate surface area is 174 Å². The zero-order valence-corrected chi connectivity index (χ0v) is 17.3. The number of fused-ring (bicyclic) bond motifs is 1. The number of benzene rings is 2. The van der Waals surface area contributed by atoms with E-state index in [1.165, 1.54) is 11.8 Å². The summed E-state index contributed by atoms with van der Waals surface area (Å²) in [5, 5.41) is 5.59. The van der Waals surface area contributed by atoms with Crippen LogP contribution >= 0.6 is 23.4 Å². The smallest absolute Gasteiger partial charge is 0.240 e. The molecule has 1 N–H and O–H groups in total. The quantitative estimate of drug-likeness (QED) is 0.644. The minimum atomic E-state index is -0.310. The summed E-state index contributed by atoms with van der Waals surface area (Å²) < 4.78 is 0. The van der Waals surface area contributed by atoms with Gasteiger partial charge in [-0.2, -0.15) is 0 Å². The summed E-state index contributed by atoms with van der Waals surface area (Å²) in [4.78, 5) is 20.1. The van der Waals surface area contributed by atoms with Gasteiger partial charge in [-0.05, 0) is 42.3 Å². The van der Waals surface area contributed by atoms with E-state index in [1.807, 2.05) is 60.4 Å². The van der Waals surface area contributed by atoms with Crippen LogP contribution in [0.15, 0.2) is 59.6 Å². The predicted octanol–water partition coefficient (Wildman–Crippen LogP) is 4.46. The second kappa shape index (κ2) is 8.52. The highest BCUT2D eigenvalue weighted by Crippen LogP contribution is 2.38. The standard InChI is InChI=1S/C22H22ClN3OS/c1-15-13-17-14-18(23)7-8-19(17)25-21(15)28-20(16-5-3-2-4-6-16)22(27)26-11-9-24-10-12-26/h2-8,13-14,20,24H,9-12H2,1H3. The monoisotopic (exact) mass is 411 g/mol. The van der Waals surface area contributed by atoms with Crippen molar-refractivity contribution in [3.63, 3.8) is 0 Å². The summed E-state index contributed by atoms with van der Waals surface area (Å²) in [7, 11) is 0. The number of aromatic nitrogens is 1. The van der Waals surface area contributed by atoms with Crippen molar-refractivity contribution in [1.82, 2.24) is 15.2 Å². The molecule has 3 aromatic rings. The molecule has 1 aliphatic heterocycles. The zero-order chi connectivity index (χ0) is 19.5. The first kappa shape index (κ1) is 19.2. The predicted molar refractivity (Wildman–Crippen MR) is 116 cm³/mol. The van der Waals surface area contributed by atoms with Crippen molar-refractivity contribution in [2.45, 2.75) is 17.2 Å². The van der Waals surface area contributed by atoms with Crippen molar-refractivity contribution in [3.8, 4) is 0 Å². The lowest BCUT2D eigenvalue weighted by molar-refractivity contribution is -0.131. The maximum Gasteiger partial charge on any atom is 0.240 e. The van der Waals surface area contributed by atoms with E-state index in [9.17, 15) is 4.79 Å². The third-order valence-electron chi connectivity index (χ3n) is 4.91. The molecule has 0 bridgehead atoms. The molecule has 0 aliphatic carbocycles. The molecule has 4 nitrogen and oxygen atoms in total. The average molecular weight is 412 g/mol. The van der Waals surface area contributed by atoms with Gasteiger partial charge in [0, 0.05) is 36.6 Å². The number of hydrogen-bond acceptors (Lipinski definition) is 4. The Morgan fingerprint density at radius 1 is 1.14 bits per heavy atom. The highest BCUT2D eigenvalue weighted by molar-refractivity contribution is 8.00. The van der Waals surface area contributed by atoms with Crippen molar-refractivity contribution in [3.05, 3.63) is 70.7 Å². The fourth-order valence-electron chi connectivity index (χ4n) is 3.41. The van der Waals surface area contributed by atoms with Crippen molar-refractivity contribution in [1.29, 1.82) is 0 Å². The van der Waals surface area contributed by atoms with Crippen LogP contribution in [0.5, 0.6) is 0 Å². The number of nitrogens with zero attached hydrogens (tertiary/aromatic N) is 2. The lowest BCUT2D eigenvalue weighted by Gasteiger charge is -2.31. The Balaban J connectivity index is 1.69. The molecule has 1 saturated heterocycles. The van der Waals surface area contributed by atoms with E-state index in [-0.39, 0.29) is 11.2 Å². The Kier molecular flexibility index (Phi) is 5.85. The van der Waals surface area contributed by atoms with Gasteiger partial charge in [-0.3, -0.25) is 4.79 Å². The molecule has 1 aromatic heterocycles. The fourth-order valence-corrected chi connectivity index (χ4v) is 4.75. The van der Waals surface area contributed by atoms with Gasteiger partial charge in [-0.1, -0.05) is 53.7 Å². The molecule has 2 heterocycles. The number of piperazine rings is 1. The molecule has 1 amide bonds. The van der Waals surface area contributed by atoms with E-state index >= 15 is 0 Å². The molecule has 144 valence electrons. The van der Waals surface area contributed by atoms with E-state index in [2.05, 4.69) is 11.4 Å². The van der Waals surface area contributed by atoms with Gasteiger partial charge in [0.25, 0.3) is 0 Å². The Morgan fingerprint density at radius 3 is 2.64 bits per heavy atom. The number of rotatable bonds is 4. The van der Waals surface area contributed by atoms with Gasteiger partial charge in [-0.25, -0.2) is 4.98 Å². The van der Waals surface area contributed by atoms with Crippen LogP contribution in [0, 0.1) is 6.92 Å². The minimum Gasteiger partial charge on any atom is -0.339 e. The number of pyridine rings is 1. The Bertz CT molecular complexity index is 990. The van der Waals surface area contributed by atoms with E-state index in [4.69, 9.17) is 16.6 Å². The van der Waals surface area contributed by atoms with Gasteiger partial charge in [0.2, 0.25) is 5.91 Å². The van der Waals surface area contributed by atoms with Gasteiger partial charge in [0.05, 0.1) is 5.52 Å². The van der Waals surface area contributed by atoms with Crippen molar-refractivity contribution in [2.75, 3.05) is 26.2 Å². The number of amides is 1. The first-order valence-electron chi connectivity index (χ1n) is 9.40. The summed E-state index contributed by atoms with van der Waals surface area (Å²) in [6.07, 6.45) is 0. The van der Waals surface area contributed by atoms with Crippen LogP contribution < -0.4 is 5.32 Å². The topological polar surface area (TPSA) is 45.2 Å². The number of carbonyl (C=O) groups is 1. The molecule has 1 unspecified atom stereocenters. The highest BCUT2D eigenvalue weighted by Gasteiger charge is 2.28. The second-order valence-electron chi connectivity index (χ2n) is 6.93. The van der Waals surface area contributed by atoms with Crippen LogP contribution in [0.25, 0.3) is 10.9 Å². The van der Waals surface area contributed by atoms with Crippen LogP contribution in [0.4, 0.5) is 0 Å². The van der Waals surface area contributed by atoms with Gasteiger partial charge < -0.3 is 10.2 Å². The third-order valence-corrected chi connectivity index (χ3v) is 6.49. The molecule has 4 rings (SSSR count). The molecular weight excluding hydrogens is 390 g/mol. The van der Waals surface area contributed by atoms with E-state index in [0.29, 0.717) is 5.02 Å². The normalized spacial score (nSPS) is 15.6. The van der Waals surface area contributed by atoms with Crippen LogP contribution in [0.1, 0.15) is 16.4 Å². The van der Waals surface area contributed by atoms with E-state index in [0.717, 1.165) is 53.2 Å². The maximum absolute atomic E-state index is 13.4. The number of aryl methyl sites for hydroxylation is 1. The van der Waals surface area contributed by atoms with Gasteiger partial charge >= 0.3 is 0 Å². The van der Waals surface area contributed by atoms with Crippen LogP contribution in [0.3, 0.4) is 0 Å². The number of hydrogen-bond donors (Lipinski definition) is 1. The summed E-state index contributed by atoms with van der Waals surface area (Å²) in [6.45, 7) is 5.20. The summed E-state index contributed by atoms with van der Waals surface area (Å²) in [6, 6.07) is 17.8. The fraction of sp³-hybridized carbons (Fsp3) is 0.273. The van der Waals surface area contributed by atoms with Crippen molar-refractivity contribution < 1.29 is 4.79 Å². The molecule has 0 radical (unpaired) electrons.